The molecule has 0 spiro atoms. The van der Waals surface area contributed by atoms with Crippen LogP contribution in [-0.4, -0.2) is 31.6 Å². The highest BCUT2D eigenvalue weighted by atomic mass is 32.2. The van der Waals surface area contributed by atoms with E-state index in [-0.39, 0.29) is 5.75 Å². The SMILES string of the molecule is CCS(=O)(=O)N1CCC(=NO)c2ccccc21. The van der Waals surface area contributed by atoms with Crippen LogP contribution in [0.25, 0.3) is 0 Å². The molecule has 0 bridgehead atoms. The van der Waals surface area contributed by atoms with Gasteiger partial charge < -0.3 is 5.21 Å². The summed E-state index contributed by atoms with van der Waals surface area (Å²) in [6, 6.07) is 7.07. The molecule has 0 unspecified atom stereocenters. The molecule has 5 nitrogen and oxygen atoms in total. The molecule has 92 valence electrons. The molecule has 1 N–H and O–H groups in total. The van der Waals surface area contributed by atoms with Gasteiger partial charge in [0.05, 0.1) is 17.2 Å². The van der Waals surface area contributed by atoms with Gasteiger partial charge in [-0.2, -0.15) is 0 Å². The number of oxime groups is 1. The fourth-order valence-electron chi connectivity index (χ4n) is 1.95. The summed E-state index contributed by atoms with van der Waals surface area (Å²) in [7, 11) is -3.27. The minimum absolute atomic E-state index is 0.0624. The fourth-order valence-corrected chi connectivity index (χ4v) is 3.09. The smallest absolute Gasteiger partial charge is 0.234 e. The topological polar surface area (TPSA) is 70.0 Å². The van der Waals surface area contributed by atoms with Gasteiger partial charge in [0.15, 0.2) is 0 Å². The van der Waals surface area contributed by atoms with Crippen molar-refractivity contribution in [2.45, 2.75) is 13.3 Å². The second-order valence-corrected chi connectivity index (χ2v) is 5.97. The van der Waals surface area contributed by atoms with Crippen molar-refractivity contribution in [3.05, 3.63) is 29.8 Å². The van der Waals surface area contributed by atoms with Gasteiger partial charge in [0, 0.05) is 18.5 Å². The lowest BCUT2D eigenvalue weighted by Crippen LogP contribution is -2.38. The molecule has 6 heteroatoms. The lowest BCUT2D eigenvalue weighted by atomic mass is 10.0. The highest BCUT2D eigenvalue weighted by Crippen LogP contribution is 2.29. The zero-order valence-corrected chi connectivity index (χ0v) is 10.3. The van der Waals surface area contributed by atoms with Gasteiger partial charge in [-0.15, -0.1) is 0 Å². The van der Waals surface area contributed by atoms with Crippen molar-refractivity contribution in [1.29, 1.82) is 0 Å². The molecule has 1 heterocycles. The van der Waals surface area contributed by atoms with Gasteiger partial charge in [0.1, 0.15) is 0 Å². The number of benzene rings is 1. The molecule has 0 amide bonds. The number of nitrogens with zero attached hydrogens (tertiary/aromatic N) is 2. The maximum atomic E-state index is 11.9. The molecule has 0 radical (unpaired) electrons. The Morgan fingerprint density at radius 3 is 2.76 bits per heavy atom. The summed E-state index contributed by atoms with van der Waals surface area (Å²) in [6.07, 6.45) is 0.423. The first-order chi connectivity index (χ1) is 8.10. The van der Waals surface area contributed by atoms with Crippen molar-refractivity contribution in [3.63, 3.8) is 0 Å². The molecule has 1 aromatic carbocycles. The summed E-state index contributed by atoms with van der Waals surface area (Å²) < 4.78 is 25.3. The minimum Gasteiger partial charge on any atom is -0.411 e. The quantitative estimate of drug-likeness (QED) is 0.641. The Balaban J connectivity index is 2.56. The largest absolute Gasteiger partial charge is 0.411 e. The minimum atomic E-state index is -3.27. The first kappa shape index (κ1) is 11.9. The van der Waals surface area contributed by atoms with E-state index in [0.717, 1.165) is 0 Å². The number of fused-ring (bicyclic) bond motifs is 1. The molecule has 0 aliphatic carbocycles. The Hall–Kier alpha value is -1.56. The van der Waals surface area contributed by atoms with E-state index in [2.05, 4.69) is 5.16 Å². The van der Waals surface area contributed by atoms with Crippen LogP contribution in [0.2, 0.25) is 0 Å². The van der Waals surface area contributed by atoms with E-state index in [0.29, 0.717) is 29.9 Å². The second-order valence-electron chi connectivity index (χ2n) is 3.79. The molecule has 2 rings (SSSR count). The van der Waals surface area contributed by atoms with E-state index in [9.17, 15) is 8.42 Å². The second kappa shape index (κ2) is 4.37. The van der Waals surface area contributed by atoms with Crippen LogP contribution in [0.15, 0.2) is 29.4 Å². The molecule has 1 aromatic rings. The van der Waals surface area contributed by atoms with Crippen LogP contribution >= 0.6 is 0 Å². The average molecular weight is 254 g/mol. The van der Waals surface area contributed by atoms with E-state index in [4.69, 9.17) is 5.21 Å². The summed E-state index contributed by atoms with van der Waals surface area (Å²) in [5, 5.41) is 12.1. The van der Waals surface area contributed by atoms with Crippen molar-refractivity contribution < 1.29 is 13.6 Å². The van der Waals surface area contributed by atoms with Crippen molar-refractivity contribution in [1.82, 2.24) is 0 Å². The summed E-state index contributed by atoms with van der Waals surface area (Å²) in [4.78, 5) is 0. The van der Waals surface area contributed by atoms with Gasteiger partial charge in [-0.05, 0) is 13.0 Å². The third-order valence-electron chi connectivity index (χ3n) is 2.86. The average Bonchev–Trinajstić information content (AvgIpc) is 2.37. The van der Waals surface area contributed by atoms with Crippen molar-refractivity contribution in [2.24, 2.45) is 5.16 Å². The third-order valence-corrected chi connectivity index (χ3v) is 4.64. The fraction of sp³-hybridized carbons (Fsp3) is 0.364. The first-order valence-electron chi connectivity index (χ1n) is 5.41. The number of para-hydroxylation sites is 1. The van der Waals surface area contributed by atoms with E-state index in [1.165, 1.54) is 4.31 Å². The molecular weight excluding hydrogens is 240 g/mol. The monoisotopic (exact) mass is 254 g/mol. The summed E-state index contributed by atoms with van der Waals surface area (Å²) in [6.45, 7) is 1.94. The lowest BCUT2D eigenvalue weighted by molar-refractivity contribution is 0.318. The molecule has 0 saturated heterocycles. The molecule has 0 saturated carbocycles. The van der Waals surface area contributed by atoms with E-state index in [1.54, 1.807) is 31.2 Å². The molecular formula is C11H14N2O3S. The van der Waals surface area contributed by atoms with Crippen LogP contribution in [0.1, 0.15) is 18.9 Å². The molecule has 1 aliphatic heterocycles. The summed E-state index contributed by atoms with van der Waals surface area (Å²) in [5.41, 5.74) is 1.80. The molecule has 0 fully saturated rings. The van der Waals surface area contributed by atoms with E-state index < -0.39 is 10.0 Å². The standard InChI is InChI=1S/C11H14N2O3S/c1-2-17(15,16)13-8-7-10(12-14)9-5-3-4-6-11(9)13/h3-6,14H,2,7-8H2,1H3. The Morgan fingerprint density at radius 1 is 1.41 bits per heavy atom. The van der Waals surface area contributed by atoms with Gasteiger partial charge in [0.2, 0.25) is 10.0 Å². The Morgan fingerprint density at radius 2 is 2.12 bits per heavy atom. The predicted molar refractivity (Wildman–Crippen MR) is 66.2 cm³/mol. The van der Waals surface area contributed by atoms with Gasteiger partial charge in [-0.25, -0.2) is 8.42 Å². The Bertz CT molecular complexity index is 552. The lowest BCUT2D eigenvalue weighted by Gasteiger charge is -2.30. The number of hydrogen-bond donors (Lipinski definition) is 1. The Kier molecular flexibility index (Phi) is 3.06. The van der Waals surface area contributed by atoms with Crippen LogP contribution in [0.5, 0.6) is 0 Å². The van der Waals surface area contributed by atoms with Crippen LogP contribution in [0.3, 0.4) is 0 Å². The predicted octanol–water partition coefficient (Wildman–Crippen LogP) is 1.42. The maximum Gasteiger partial charge on any atom is 0.234 e. The molecule has 1 aliphatic rings. The molecule has 0 atom stereocenters. The van der Waals surface area contributed by atoms with Gasteiger partial charge in [-0.3, -0.25) is 4.31 Å². The van der Waals surface area contributed by atoms with Gasteiger partial charge in [0.25, 0.3) is 0 Å². The third kappa shape index (κ3) is 2.00. The maximum absolute atomic E-state index is 11.9. The van der Waals surface area contributed by atoms with Crippen LogP contribution < -0.4 is 4.31 Å². The van der Waals surface area contributed by atoms with Gasteiger partial charge in [-0.1, -0.05) is 23.4 Å². The number of anilines is 1. The van der Waals surface area contributed by atoms with Crippen molar-refractivity contribution >= 4 is 21.4 Å². The normalized spacial score (nSPS) is 18.2. The van der Waals surface area contributed by atoms with Crippen LogP contribution in [0, 0.1) is 0 Å². The van der Waals surface area contributed by atoms with Crippen molar-refractivity contribution in [2.75, 3.05) is 16.6 Å². The highest BCUT2D eigenvalue weighted by Gasteiger charge is 2.28. The van der Waals surface area contributed by atoms with E-state index >= 15 is 0 Å². The van der Waals surface area contributed by atoms with Crippen molar-refractivity contribution in [3.8, 4) is 0 Å². The summed E-state index contributed by atoms with van der Waals surface area (Å²) in [5.74, 6) is 0.0624. The molecule has 17 heavy (non-hydrogen) atoms. The number of hydrogen-bond acceptors (Lipinski definition) is 4. The number of sulfonamides is 1. The van der Waals surface area contributed by atoms with Gasteiger partial charge >= 0.3 is 0 Å². The summed E-state index contributed by atoms with van der Waals surface area (Å²) >= 11 is 0. The zero-order valence-electron chi connectivity index (χ0n) is 9.50. The zero-order chi connectivity index (χ0) is 12.5. The highest BCUT2D eigenvalue weighted by molar-refractivity contribution is 7.92. The Labute approximate surface area is 100 Å². The van der Waals surface area contributed by atoms with E-state index in [1.807, 2.05) is 0 Å². The van der Waals surface area contributed by atoms with Crippen LogP contribution in [0.4, 0.5) is 5.69 Å². The molecule has 0 aromatic heterocycles. The van der Waals surface area contributed by atoms with Crippen LogP contribution in [-0.2, 0) is 10.0 Å². The number of rotatable bonds is 2. The first-order valence-corrected chi connectivity index (χ1v) is 7.02.